The molecule has 1 saturated heterocycles. The summed E-state index contributed by atoms with van der Waals surface area (Å²) >= 11 is 0. The number of carbonyl (C=O) groups excluding carboxylic acids is 2. The SMILES string of the molecule is O=C(O)c1ccc(N2C(=O)[C@@H]3[C@@H](C2=O)[C@H]2C=C[C@H]3C2)cc1. The van der Waals surface area contributed by atoms with E-state index in [0.717, 1.165) is 6.42 Å². The number of fused-ring (bicyclic) bond motifs is 5. The fourth-order valence-electron chi connectivity index (χ4n) is 3.91. The molecule has 1 saturated carbocycles. The van der Waals surface area contributed by atoms with E-state index in [1.54, 1.807) is 0 Å². The molecule has 106 valence electrons. The van der Waals surface area contributed by atoms with E-state index in [9.17, 15) is 14.4 Å². The third kappa shape index (κ3) is 1.54. The summed E-state index contributed by atoms with van der Waals surface area (Å²) in [5.74, 6) is -1.42. The van der Waals surface area contributed by atoms with Crippen molar-refractivity contribution in [2.24, 2.45) is 23.7 Å². The number of allylic oxidation sites excluding steroid dienone is 2. The number of hydrogen-bond donors (Lipinski definition) is 1. The van der Waals surface area contributed by atoms with Gasteiger partial charge in [0.15, 0.2) is 0 Å². The number of carbonyl (C=O) groups is 3. The van der Waals surface area contributed by atoms with Gasteiger partial charge in [0.25, 0.3) is 0 Å². The maximum atomic E-state index is 12.6. The Labute approximate surface area is 120 Å². The minimum Gasteiger partial charge on any atom is -0.478 e. The van der Waals surface area contributed by atoms with Crippen molar-refractivity contribution in [1.29, 1.82) is 0 Å². The van der Waals surface area contributed by atoms with Crippen LogP contribution >= 0.6 is 0 Å². The number of nitrogens with zero attached hydrogens (tertiary/aromatic N) is 1. The van der Waals surface area contributed by atoms with Crippen molar-refractivity contribution in [2.75, 3.05) is 4.90 Å². The molecule has 2 bridgehead atoms. The van der Waals surface area contributed by atoms with E-state index in [4.69, 9.17) is 5.11 Å². The van der Waals surface area contributed by atoms with Crippen molar-refractivity contribution in [3.63, 3.8) is 0 Å². The maximum Gasteiger partial charge on any atom is 0.335 e. The number of carboxylic acids is 1. The summed E-state index contributed by atoms with van der Waals surface area (Å²) in [6.07, 6.45) is 5.00. The normalized spacial score (nSPS) is 32.9. The Balaban J connectivity index is 1.69. The van der Waals surface area contributed by atoms with Gasteiger partial charge in [0.2, 0.25) is 11.8 Å². The predicted molar refractivity (Wildman–Crippen MR) is 73.6 cm³/mol. The van der Waals surface area contributed by atoms with Crippen LogP contribution in [0.15, 0.2) is 36.4 Å². The molecular weight excluding hydrogens is 270 g/mol. The Kier molecular flexibility index (Phi) is 2.37. The lowest BCUT2D eigenvalue weighted by Crippen LogP contribution is -2.32. The van der Waals surface area contributed by atoms with E-state index in [-0.39, 0.29) is 41.0 Å². The first-order valence-corrected chi connectivity index (χ1v) is 6.97. The van der Waals surface area contributed by atoms with Gasteiger partial charge in [0.05, 0.1) is 23.1 Å². The number of carboxylic acid groups (broad SMARTS) is 1. The van der Waals surface area contributed by atoms with Crippen molar-refractivity contribution < 1.29 is 19.5 Å². The summed E-state index contributed by atoms with van der Waals surface area (Å²) in [6, 6.07) is 5.88. The van der Waals surface area contributed by atoms with Gasteiger partial charge < -0.3 is 5.11 Å². The third-order valence-corrected chi connectivity index (χ3v) is 4.84. The van der Waals surface area contributed by atoms with Crippen molar-refractivity contribution in [3.05, 3.63) is 42.0 Å². The minimum atomic E-state index is -1.03. The number of aromatic carboxylic acids is 1. The van der Waals surface area contributed by atoms with Crippen LogP contribution in [0.4, 0.5) is 5.69 Å². The molecule has 2 fully saturated rings. The molecule has 1 aromatic carbocycles. The average molecular weight is 283 g/mol. The summed E-state index contributed by atoms with van der Waals surface area (Å²) in [4.78, 5) is 37.2. The number of rotatable bonds is 2. The van der Waals surface area contributed by atoms with Gasteiger partial charge in [-0.3, -0.25) is 14.5 Å². The first kappa shape index (κ1) is 12.3. The second kappa shape index (κ2) is 4.04. The van der Waals surface area contributed by atoms with Crippen LogP contribution in [0.1, 0.15) is 16.8 Å². The average Bonchev–Trinajstić information content (AvgIpc) is 3.13. The number of imide groups is 1. The van der Waals surface area contributed by atoms with E-state index in [1.165, 1.54) is 29.2 Å². The molecular formula is C16H13NO4. The van der Waals surface area contributed by atoms with Crippen molar-refractivity contribution in [1.82, 2.24) is 0 Å². The summed E-state index contributed by atoms with van der Waals surface area (Å²) < 4.78 is 0. The number of benzene rings is 1. The predicted octanol–water partition coefficient (Wildman–Crippen LogP) is 1.70. The Morgan fingerprint density at radius 2 is 1.52 bits per heavy atom. The van der Waals surface area contributed by atoms with Gasteiger partial charge in [-0.15, -0.1) is 0 Å². The summed E-state index contributed by atoms with van der Waals surface area (Å²) in [5, 5.41) is 8.90. The number of hydrogen-bond acceptors (Lipinski definition) is 3. The van der Waals surface area contributed by atoms with Crippen LogP contribution in [0.5, 0.6) is 0 Å². The molecule has 0 unspecified atom stereocenters. The molecule has 0 radical (unpaired) electrons. The molecule has 5 nitrogen and oxygen atoms in total. The second-order valence-electron chi connectivity index (χ2n) is 5.86. The Hall–Kier alpha value is -2.43. The molecule has 1 heterocycles. The zero-order valence-corrected chi connectivity index (χ0v) is 11.1. The van der Waals surface area contributed by atoms with E-state index < -0.39 is 5.97 Å². The van der Waals surface area contributed by atoms with Crippen molar-refractivity contribution in [2.45, 2.75) is 6.42 Å². The molecule has 0 spiro atoms. The molecule has 3 aliphatic rings. The molecule has 2 amide bonds. The molecule has 0 aromatic heterocycles. The maximum absolute atomic E-state index is 12.6. The van der Waals surface area contributed by atoms with Crippen LogP contribution in [-0.4, -0.2) is 22.9 Å². The Morgan fingerprint density at radius 3 is 2.00 bits per heavy atom. The van der Waals surface area contributed by atoms with Crippen LogP contribution in [0.3, 0.4) is 0 Å². The highest BCUT2D eigenvalue weighted by Gasteiger charge is 2.59. The zero-order valence-electron chi connectivity index (χ0n) is 11.1. The van der Waals surface area contributed by atoms with Gasteiger partial charge in [0, 0.05) is 0 Å². The van der Waals surface area contributed by atoms with Gasteiger partial charge in [-0.05, 0) is 42.5 Å². The lowest BCUT2D eigenvalue weighted by Gasteiger charge is -2.17. The van der Waals surface area contributed by atoms with E-state index in [2.05, 4.69) is 0 Å². The number of amides is 2. The van der Waals surface area contributed by atoms with E-state index in [0.29, 0.717) is 5.69 Å². The monoisotopic (exact) mass is 283 g/mol. The second-order valence-corrected chi connectivity index (χ2v) is 5.86. The van der Waals surface area contributed by atoms with Gasteiger partial charge >= 0.3 is 5.97 Å². The highest BCUT2D eigenvalue weighted by atomic mass is 16.4. The van der Waals surface area contributed by atoms with Gasteiger partial charge in [-0.1, -0.05) is 12.2 Å². The van der Waals surface area contributed by atoms with Crippen molar-refractivity contribution >= 4 is 23.5 Å². The van der Waals surface area contributed by atoms with Crippen LogP contribution in [0.25, 0.3) is 0 Å². The van der Waals surface area contributed by atoms with E-state index in [1.807, 2.05) is 12.2 Å². The highest BCUT2D eigenvalue weighted by Crippen LogP contribution is 2.53. The zero-order chi connectivity index (χ0) is 14.7. The number of anilines is 1. The smallest absolute Gasteiger partial charge is 0.335 e. The fourth-order valence-corrected chi connectivity index (χ4v) is 3.91. The van der Waals surface area contributed by atoms with Gasteiger partial charge in [-0.25, -0.2) is 4.79 Å². The molecule has 1 N–H and O–H groups in total. The first-order valence-electron chi connectivity index (χ1n) is 6.97. The molecule has 4 atom stereocenters. The quantitative estimate of drug-likeness (QED) is 0.662. The minimum absolute atomic E-state index is 0.139. The van der Waals surface area contributed by atoms with Gasteiger partial charge in [-0.2, -0.15) is 0 Å². The lowest BCUT2D eigenvalue weighted by molar-refractivity contribution is -0.123. The van der Waals surface area contributed by atoms with Crippen LogP contribution < -0.4 is 4.90 Å². The molecule has 1 aromatic rings. The third-order valence-electron chi connectivity index (χ3n) is 4.84. The topological polar surface area (TPSA) is 74.7 Å². The largest absolute Gasteiger partial charge is 0.478 e. The Bertz CT molecular complexity index is 661. The van der Waals surface area contributed by atoms with E-state index >= 15 is 0 Å². The summed E-state index contributed by atoms with van der Waals surface area (Å²) in [6.45, 7) is 0. The van der Waals surface area contributed by atoms with Gasteiger partial charge in [0.1, 0.15) is 0 Å². The molecule has 21 heavy (non-hydrogen) atoms. The molecule has 5 heteroatoms. The van der Waals surface area contributed by atoms with Crippen molar-refractivity contribution in [3.8, 4) is 0 Å². The fraction of sp³-hybridized carbons (Fsp3) is 0.312. The standard InChI is InChI=1S/C16H13NO4/c18-14-12-9-1-2-10(7-9)13(12)15(19)17(14)11-5-3-8(4-6-11)16(20)21/h1-6,9-10,12-13H,7H2,(H,20,21)/t9-,10-,12-,13-/m0/s1. The lowest BCUT2D eigenvalue weighted by atomic mass is 9.85. The first-order chi connectivity index (χ1) is 10.1. The highest BCUT2D eigenvalue weighted by molar-refractivity contribution is 6.22. The van der Waals surface area contributed by atoms with Crippen LogP contribution in [0.2, 0.25) is 0 Å². The Morgan fingerprint density at radius 1 is 1.00 bits per heavy atom. The molecule has 1 aliphatic heterocycles. The summed E-state index contributed by atoms with van der Waals surface area (Å²) in [7, 11) is 0. The van der Waals surface area contributed by atoms with Crippen LogP contribution in [0, 0.1) is 23.7 Å². The molecule has 4 rings (SSSR count). The molecule has 2 aliphatic carbocycles. The van der Waals surface area contributed by atoms with Crippen LogP contribution in [-0.2, 0) is 9.59 Å². The summed E-state index contributed by atoms with van der Waals surface area (Å²) in [5.41, 5.74) is 0.601.